The molecule has 32 heavy (non-hydrogen) atoms. The third-order valence-electron chi connectivity index (χ3n) is 5.94. The van der Waals surface area contributed by atoms with Gasteiger partial charge in [0.1, 0.15) is 11.5 Å². The molecule has 0 aromatic heterocycles. The summed E-state index contributed by atoms with van der Waals surface area (Å²) in [6.45, 7) is 8.25. The Kier molecular flexibility index (Phi) is 6.00. The third-order valence-corrected chi connectivity index (χ3v) is 5.94. The number of carbonyl (C=O) groups excluding carboxylic acids is 1. The van der Waals surface area contributed by atoms with Gasteiger partial charge in [0, 0.05) is 17.7 Å². The van der Waals surface area contributed by atoms with Crippen molar-refractivity contribution in [2.24, 2.45) is 5.92 Å². The van der Waals surface area contributed by atoms with Crippen LogP contribution in [0.25, 0.3) is 0 Å². The maximum absolute atomic E-state index is 12.9. The molecule has 3 aromatic rings. The van der Waals surface area contributed by atoms with Crippen LogP contribution in [0.5, 0.6) is 11.5 Å². The van der Waals surface area contributed by atoms with Crippen LogP contribution in [-0.2, 0) is 0 Å². The van der Waals surface area contributed by atoms with Crippen molar-refractivity contribution in [1.29, 1.82) is 0 Å². The minimum Gasteiger partial charge on any atom is -0.445 e. The molecule has 1 aliphatic carbocycles. The fourth-order valence-electron chi connectivity index (χ4n) is 3.65. The summed E-state index contributed by atoms with van der Waals surface area (Å²) in [4.78, 5) is 12.9. The fraction of sp³-hybridized carbons (Fsp3) is 0.207. The van der Waals surface area contributed by atoms with Gasteiger partial charge in [-0.25, -0.2) is 0 Å². The maximum Gasteiger partial charge on any atom is 0.291 e. The van der Waals surface area contributed by atoms with Crippen molar-refractivity contribution in [1.82, 2.24) is 0 Å². The number of ether oxygens (including phenoxy) is 2. The van der Waals surface area contributed by atoms with E-state index < -0.39 is 5.79 Å². The molecule has 0 heterocycles. The van der Waals surface area contributed by atoms with Crippen LogP contribution in [0.15, 0.2) is 91.0 Å². The van der Waals surface area contributed by atoms with E-state index in [1.165, 1.54) is 11.1 Å². The van der Waals surface area contributed by atoms with Gasteiger partial charge >= 0.3 is 0 Å². The highest BCUT2D eigenvalue weighted by Gasteiger charge is 2.34. The van der Waals surface area contributed by atoms with Crippen LogP contribution in [0.3, 0.4) is 0 Å². The fourth-order valence-corrected chi connectivity index (χ4v) is 3.65. The average Bonchev–Trinajstić information content (AvgIpc) is 2.79. The molecule has 0 amide bonds. The monoisotopic (exact) mass is 424 g/mol. The number of ketones is 1. The number of allylic oxidation sites excluding steroid dienone is 2. The minimum absolute atomic E-state index is 0.0454. The molecular weight excluding hydrogens is 396 g/mol. The summed E-state index contributed by atoms with van der Waals surface area (Å²) in [5, 5.41) is 0. The first-order valence-corrected chi connectivity index (χ1v) is 10.9. The molecular formula is C29H28O3. The molecule has 162 valence electrons. The van der Waals surface area contributed by atoms with Crippen LogP contribution in [0.1, 0.15) is 32.6 Å². The number of aryl methyl sites for hydroxylation is 4. The van der Waals surface area contributed by atoms with Crippen LogP contribution in [0.2, 0.25) is 0 Å². The van der Waals surface area contributed by atoms with Gasteiger partial charge in [-0.05, 0) is 74.2 Å². The lowest BCUT2D eigenvalue weighted by molar-refractivity contribution is -0.0294. The lowest BCUT2D eigenvalue weighted by atomic mass is 9.92. The number of Topliss-reactive ketones (excluding diaryl/α,β-unsaturated/α-hetero) is 1. The zero-order valence-corrected chi connectivity index (χ0v) is 19.0. The average molecular weight is 425 g/mol. The van der Waals surface area contributed by atoms with Gasteiger partial charge in [-0.2, -0.15) is 0 Å². The molecule has 3 nitrogen and oxygen atoms in total. The molecule has 0 spiro atoms. The van der Waals surface area contributed by atoms with Crippen LogP contribution < -0.4 is 9.47 Å². The van der Waals surface area contributed by atoms with Gasteiger partial charge in [0.2, 0.25) is 0 Å². The van der Waals surface area contributed by atoms with E-state index in [-0.39, 0.29) is 11.7 Å². The zero-order chi connectivity index (χ0) is 22.7. The lowest BCUT2D eigenvalue weighted by Gasteiger charge is -2.32. The first-order chi connectivity index (χ1) is 15.3. The second-order valence-corrected chi connectivity index (χ2v) is 8.39. The Bertz CT molecular complexity index is 1120. The van der Waals surface area contributed by atoms with Crippen molar-refractivity contribution in [3.05, 3.63) is 119 Å². The highest BCUT2D eigenvalue weighted by Crippen LogP contribution is 2.31. The summed E-state index contributed by atoms with van der Waals surface area (Å²) < 4.78 is 12.8. The normalized spacial score (nSPS) is 14.9. The number of benzene rings is 3. The smallest absolute Gasteiger partial charge is 0.291 e. The van der Waals surface area contributed by atoms with Crippen molar-refractivity contribution >= 4 is 5.78 Å². The molecule has 0 bridgehead atoms. The van der Waals surface area contributed by atoms with Gasteiger partial charge in [0.15, 0.2) is 5.78 Å². The minimum atomic E-state index is -1.14. The van der Waals surface area contributed by atoms with Gasteiger partial charge in [0.05, 0.1) is 5.92 Å². The van der Waals surface area contributed by atoms with Crippen molar-refractivity contribution < 1.29 is 14.3 Å². The molecule has 0 unspecified atom stereocenters. The third kappa shape index (κ3) is 4.67. The van der Waals surface area contributed by atoms with Gasteiger partial charge in [-0.1, -0.05) is 54.6 Å². The first kappa shape index (κ1) is 21.6. The summed E-state index contributed by atoms with van der Waals surface area (Å²) in [5.74, 6) is -0.0453. The molecule has 0 aliphatic heterocycles. The molecule has 0 atom stereocenters. The van der Waals surface area contributed by atoms with E-state index in [1.807, 2.05) is 91.0 Å². The van der Waals surface area contributed by atoms with Crippen molar-refractivity contribution in [2.45, 2.75) is 33.5 Å². The van der Waals surface area contributed by atoms with Crippen molar-refractivity contribution in [2.75, 3.05) is 0 Å². The highest BCUT2D eigenvalue weighted by atomic mass is 16.7. The Balaban J connectivity index is 1.65. The van der Waals surface area contributed by atoms with Crippen LogP contribution in [0, 0.1) is 33.6 Å². The second kappa shape index (κ2) is 8.88. The number of rotatable bonds is 6. The van der Waals surface area contributed by atoms with Gasteiger partial charge in [0.25, 0.3) is 5.79 Å². The Labute approximate surface area is 190 Å². The summed E-state index contributed by atoms with van der Waals surface area (Å²) in [6.07, 6.45) is 7.39. The summed E-state index contributed by atoms with van der Waals surface area (Å²) in [5.41, 5.74) is 5.37. The Morgan fingerprint density at radius 1 is 0.688 bits per heavy atom. The number of carbonyl (C=O) groups is 1. The van der Waals surface area contributed by atoms with Crippen LogP contribution >= 0.6 is 0 Å². The SMILES string of the molecule is Cc1ccc(OC2(Oc3ccc(C)c(C)c3)C=CC(C(=O)c3ccccc3)C=C2)cc1C. The van der Waals surface area contributed by atoms with E-state index in [2.05, 4.69) is 27.7 Å². The molecule has 3 aromatic carbocycles. The molecule has 0 saturated carbocycles. The molecule has 0 fully saturated rings. The highest BCUT2D eigenvalue weighted by molar-refractivity contribution is 6.00. The Hall–Kier alpha value is -3.59. The number of hydrogen-bond acceptors (Lipinski definition) is 3. The first-order valence-electron chi connectivity index (χ1n) is 10.9. The van der Waals surface area contributed by atoms with Crippen molar-refractivity contribution in [3.8, 4) is 11.5 Å². The molecule has 0 radical (unpaired) electrons. The number of hydrogen-bond donors (Lipinski definition) is 0. The summed E-state index contributed by atoms with van der Waals surface area (Å²) in [6, 6.07) is 21.3. The van der Waals surface area contributed by atoms with Gasteiger partial charge in [-0.15, -0.1) is 0 Å². The van der Waals surface area contributed by atoms with Crippen molar-refractivity contribution in [3.63, 3.8) is 0 Å². The topological polar surface area (TPSA) is 35.5 Å². The lowest BCUT2D eigenvalue weighted by Crippen LogP contribution is -2.40. The Morgan fingerprint density at radius 3 is 1.66 bits per heavy atom. The van der Waals surface area contributed by atoms with E-state index in [1.54, 1.807) is 0 Å². The molecule has 0 N–H and O–H groups in total. The van der Waals surface area contributed by atoms with E-state index in [0.29, 0.717) is 17.1 Å². The van der Waals surface area contributed by atoms with E-state index in [9.17, 15) is 4.79 Å². The summed E-state index contributed by atoms with van der Waals surface area (Å²) >= 11 is 0. The molecule has 0 saturated heterocycles. The van der Waals surface area contributed by atoms with Crippen LogP contribution in [0.4, 0.5) is 0 Å². The summed E-state index contributed by atoms with van der Waals surface area (Å²) in [7, 11) is 0. The van der Waals surface area contributed by atoms with Crippen LogP contribution in [-0.4, -0.2) is 11.6 Å². The van der Waals surface area contributed by atoms with Gasteiger partial charge in [-0.3, -0.25) is 4.79 Å². The molecule has 3 heteroatoms. The predicted octanol–water partition coefficient (Wildman–Crippen LogP) is 6.70. The zero-order valence-electron chi connectivity index (χ0n) is 19.0. The van der Waals surface area contributed by atoms with Gasteiger partial charge < -0.3 is 9.47 Å². The quantitative estimate of drug-likeness (QED) is 0.251. The van der Waals surface area contributed by atoms with E-state index in [0.717, 1.165) is 11.1 Å². The maximum atomic E-state index is 12.9. The standard InChI is InChI=1S/C29H28O3/c1-20-10-12-26(18-22(20)3)31-29(32-27-13-11-21(2)23(4)19-27)16-14-25(15-17-29)28(30)24-8-6-5-7-9-24/h5-19,25H,1-4H3. The second-order valence-electron chi connectivity index (χ2n) is 8.39. The molecule has 1 aliphatic rings. The largest absolute Gasteiger partial charge is 0.445 e. The van der Waals surface area contributed by atoms with E-state index >= 15 is 0 Å². The Morgan fingerprint density at radius 2 is 1.19 bits per heavy atom. The molecule has 4 rings (SSSR count). The van der Waals surface area contributed by atoms with E-state index in [4.69, 9.17) is 9.47 Å². The predicted molar refractivity (Wildman–Crippen MR) is 128 cm³/mol.